The fraction of sp³-hybridized carbons (Fsp3) is 0.100. The summed E-state index contributed by atoms with van der Waals surface area (Å²) in [5.74, 6) is -0.511. The molecule has 7 heteroatoms. The number of aryl methyl sites for hydroxylation is 1. The van der Waals surface area contributed by atoms with E-state index in [1.165, 1.54) is 22.9 Å². The number of halogens is 1. The van der Waals surface area contributed by atoms with Crippen molar-refractivity contribution in [2.75, 3.05) is 0 Å². The third kappa shape index (κ3) is 2.04. The van der Waals surface area contributed by atoms with Gasteiger partial charge in [0.15, 0.2) is 0 Å². The molecule has 1 N–H and O–H groups in total. The lowest BCUT2D eigenvalue weighted by Crippen LogP contribution is -2.04. The second-order valence-corrected chi connectivity index (χ2v) is 3.42. The van der Waals surface area contributed by atoms with Crippen LogP contribution in [0.5, 0.6) is 0 Å². The van der Waals surface area contributed by atoms with Crippen LogP contribution in [-0.2, 0) is 0 Å². The molecule has 0 unspecified atom stereocenters. The molecular weight excluding hydrogens is 225 g/mol. The van der Waals surface area contributed by atoms with Crippen LogP contribution in [-0.4, -0.2) is 9.78 Å². The maximum Gasteiger partial charge on any atom is 0.264 e. The van der Waals surface area contributed by atoms with Crippen molar-refractivity contribution in [2.24, 2.45) is 5.11 Å². The molecule has 2 aromatic rings. The van der Waals surface area contributed by atoms with E-state index in [0.29, 0.717) is 11.4 Å². The first-order chi connectivity index (χ1) is 8.11. The zero-order valence-electron chi connectivity index (χ0n) is 8.88. The summed E-state index contributed by atoms with van der Waals surface area (Å²) < 4.78 is 14.5. The minimum Gasteiger partial charge on any atom is -0.268 e. The lowest BCUT2D eigenvalue weighted by Gasteiger charge is -2.08. The molecule has 1 aromatic heterocycles. The predicted octanol–water partition coefficient (Wildman–Crippen LogP) is 2.55. The Kier molecular flexibility index (Phi) is 2.68. The first-order valence-corrected chi connectivity index (χ1v) is 4.75. The van der Waals surface area contributed by atoms with E-state index in [1.807, 2.05) is 0 Å². The lowest BCUT2D eigenvalue weighted by molar-refractivity contribution is 0.627. The van der Waals surface area contributed by atoms with Crippen LogP contribution in [0, 0.1) is 12.7 Å². The van der Waals surface area contributed by atoms with Crippen molar-refractivity contribution in [1.82, 2.24) is 9.78 Å². The molecule has 0 aliphatic rings. The Morgan fingerprint density at radius 1 is 1.47 bits per heavy atom. The van der Waals surface area contributed by atoms with E-state index in [1.54, 1.807) is 6.92 Å². The Balaban J connectivity index is 2.70. The maximum atomic E-state index is 13.0. The Bertz CT molecular complexity index is 666. The Hall–Kier alpha value is -2.53. The molecule has 0 amide bonds. The first-order valence-electron chi connectivity index (χ1n) is 4.75. The minimum absolute atomic E-state index is 0.113. The van der Waals surface area contributed by atoms with Crippen LogP contribution >= 0.6 is 0 Å². The summed E-state index contributed by atoms with van der Waals surface area (Å²) in [6.07, 6.45) is 0. The van der Waals surface area contributed by atoms with Gasteiger partial charge in [-0.1, -0.05) is 5.11 Å². The maximum absolute atomic E-state index is 13.0. The molecule has 0 bridgehead atoms. The van der Waals surface area contributed by atoms with Crippen molar-refractivity contribution in [3.8, 4) is 5.69 Å². The third-order valence-electron chi connectivity index (χ3n) is 2.25. The number of hydrogen-bond acceptors (Lipinski definition) is 2. The normalized spacial score (nSPS) is 10.0. The van der Waals surface area contributed by atoms with E-state index in [2.05, 4.69) is 15.1 Å². The van der Waals surface area contributed by atoms with Crippen molar-refractivity contribution < 1.29 is 4.39 Å². The molecule has 0 atom stereocenters. The van der Waals surface area contributed by atoms with E-state index in [0.717, 1.165) is 6.07 Å². The molecule has 0 radical (unpaired) electrons. The summed E-state index contributed by atoms with van der Waals surface area (Å²) in [4.78, 5) is 13.8. The molecule has 0 aliphatic heterocycles. The monoisotopic (exact) mass is 233 g/mol. The topological polar surface area (TPSA) is 86.5 Å². The summed E-state index contributed by atoms with van der Waals surface area (Å²) in [6, 6.07) is 5.15. The number of nitrogens with zero attached hydrogens (tertiary/aromatic N) is 4. The molecule has 1 heterocycles. The van der Waals surface area contributed by atoms with Crippen molar-refractivity contribution in [3.05, 3.63) is 56.6 Å². The molecule has 0 fully saturated rings. The van der Waals surface area contributed by atoms with Gasteiger partial charge in [-0.15, -0.1) is 0 Å². The molecule has 86 valence electrons. The molecule has 2 rings (SSSR count). The number of aromatic nitrogens is 2. The van der Waals surface area contributed by atoms with Gasteiger partial charge in [-0.05, 0) is 30.7 Å². The Morgan fingerprint density at radius 3 is 2.82 bits per heavy atom. The van der Waals surface area contributed by atoms with Crippen molar-refractivity contribution in [1.29, 1.82) is 0 Å². The first kappa shape index (κ1) is 11.0. The summed E-state index contributed by atoms with van der Waals surface area (Å²) in [6.45, 7) is 1.71. The van der Waals surface area contributed by atoms with Gasteiger partial charge >= 0.3 is 0 Å². The van der Waals surface area contributed by atoms with Crippen LogP contribution in [0.1, 0.15) is 5.69 Å². The van der Waals surface area contributed by atoms with Crippen LogP contribution in [0.4, 0.5) is 10.1 Å². The highest BCUT2D eigenvalue weighted by Crippen LogP contribution is 2.24. The van der Waals surface area contributed by atoms with Gasteiger partial charge in [0.2, 0.25) is 0 Å². The average molecular weight is 233 g/mol. The van der Waals surface area contributed by atoms with E-state index >= 15 is 0 Å². The van der Waals surface area contributed by atoms with Crippen molar-refractivity contribution >= 4 is 5.69 Å². The van der Waals surface area contributed by atoms with E-state index in [9.17, 15) is 9.18 Å². The Labute approximate surface area is 94.9 Å². The number of azide groups is 1. The summed E-state index contributed by atoms with van der Waals surface area (Å²) in [5.41, 5.74) is 9.30. The fourth-order valence-corrected chi connectivity index (χ4v) is 1.55. The molecule has 6 nitrogen and oxygen atoms in total. The van der Waals surface area contributed by atoms with Crippen LogP contribution < -0.4 is 5.56 Å². The molecule has 1 aromatic carbocycles. The van der Waals surface area contributed by atoms with E-state index < -0.39 is 5.82 Å². The largest absolute Gasteiger partial charge is 0.268 e. The van der Waals surface area contributed by atoms with E-state index in [4.69, 9.17) is 5.53 Å². The Morgan fingerprint density at radius 2 is 2.24 bits per heavy atom. The molecule has 0 saturated heterocycles. The van der Waals surface area contributed by atoms with Gasteiger partial charge < -0.3 is 0 Å². The lowest BCUT2D eigenvalue weighted by atomic mass is 10.2. The van der Waals surface area contributed by atoms with Gasteiger partial charge in [-0.25, -0.2) is 4.39 Å². The zero-order valence-corrected chi connectivity index (χ0v) is 8.88. The van der Waals surface area contributed by atoms with Gasteiger partial charge in [-0.3, -0.25) is 14.6 Å². The summed E-state index contributed by atoms with van der Waals surface area (Å²) >= 11 is 0. The SMILES string of the molecule is Cc1cc(=O)[nH]n1-c1ccc(F)cc1N=[N+]=[N-]. The van der Waals surface area contributed by atoms with Gasteiger partial charge in [0.25, 0.3) is 5.56 Å². The predicted molar refractivity (Wildman–Crippen MR) is 59.9 cm³/mol. The molecular formula is C10H8FN5O. The second-order valence-electron chi connectivity index (χ2n) is 3.42. The number of hydrogen-bond donors (Lipinski definition) is 1. The summed E-state index contributed by atoms with van der Waals surface area (Å²) in [7, 11) is 0. The van der Waals surface area contributed by atoms with Crippen LogP contribution in [0.15, 0.2) is 34.2 Å². The zero-order chi connectivity index (χ0) is 12.4. The number of nitrogens with one attached hydrogen (secondary N) is 1. The number of H-pyrrole nitrogens is 1. The number of benzene rings is 1. The average Bonchev–Trinajstić information content (AvgIpc) is 2.59. The third-order valence-corrected chi connectivity index (χ3v) is 2.25. The van der Waals surface area contributed by atoms with Gasteiger partial charge in [0.1, 0.15) is 5.82 Å². The van der Waals surface area contributed by atoms with Crippen LogP contribution in [0.2, 0.25) is 0 Å². The molecule has 0 aliphatic carbocycles. The number of aromatic amines is 1. The fourth-order valence-electron chi connectivity index (χ4n) is 1.55. The van der Waals surface area contributed by atoms with Crippen LogP contribution in [0.25, 0.3) is 16.1 Å². The second kappa shape index (κ2) is 4.15. The quantitative estimate of drug-likeness (QED) is 0.482. The molecule has 0 saturated carbocycles. The highest BCUT2D eigenvalue weighted by Gasteiger charge is 2.08. The van der Waals surface area contributed by atoms with Crippen molar-refractivity contribution in [3.63, 3.8) is 0 Å². The van der Waals surface area contributed by atoms with Crippen LogP contribution in [0.3, 0.4) is 0 Å². The smallest absolute Gasteiger partial charge is 0.264 e. The minimum atomic E-state index is -0.511. The molecule has 17 heavy (non-hydrogen) atoms. The standard InChI is InChI=1S/C10H8FN5O/c1-6-4-10(17)14-16(6)9-3-2-7(11)5-8(9)13-15-12/h2-5H,1H3,(H,14,17). The highest BCUT2D eigenvalue weighted by atomic mass is 19.1. The number of rotatable bonds is 2. The molecule has 0 spiro atoms. The highest BCUT2D eigenvalue weighted by molar-refractivity contribution is 5.57. The van der Waals surface area contributed by atoms with Gasteiger partial charge in [0.05, 0.1) is 11.4 Å². The van der Waals surface area contributed by atoms with Gasteiger partial charge in [0, 0.05) is 16.7 Å². The summed E-state index contributed by atoms with van der Waals surface area (Å²) in [5, 5.41) is 5.93. The van der Waals surface area contributed by atoms with E-state index in [-0.39, 0.29) is 11.2 Å². The van der Waals surface area contributed by atoms with Gasteiger partial charge in [-0.2, -0.15) is 0 Å². The van der Waals surface area contributed by atoms with Crippen molar-refractivity contribution in [2.45, 2.75) is 6.92 Å².